The van der Waals surface area contributed by atoms with Crippen LogP contribution in [0.4, 0.5) is 0 Å². The minimum Gasteiger partial charge on any atom is -0.306 e. The molecule has 3 atom stereocenters. The van der Waals surface area contributed by atoms with Gasteiger partial charge in [0.2, 0.25) is 0 Å². The van der Waals surface area contributed by atoms with E-state index >= 15 is 4.79 Å². The highest BCUT2D eigenvalue weighted by Crippen LogP contribution is 2.74. The summed E-state index contributed by atoms with van der Waals surface area (Å²) in [6.45, 7) is 0. The normalized spacial score (nSPS) is 24.7. The van der Waals surface area contributed by atoms with Crippen LogP contribution in [-0.4, -0.2) is 15.2 Å². The number of benzene rings is 8. The van der Waals surface area contributed by atoms with Crippen molar-refractivity contribution in [2.24, 2.45) is 0 Å². The molecule has 0 amide bonds. The minimum atomic E-state index is -0.316. The van der Waals surface area contributed by atoms with Crippen molar-refractivity contribution >= 4 is 43.9 Å². The Bertz CT molecular complexity index is 4020. The fourth-order valence-corrected chi connectivity index (χ4v) is 15.8. The van der Waals surface area contributed by atoms with Crippen LogP contribution in [-0.2, 0) is 5.41 Å². The van der Waals surface area contributed by atoms with Crippen LogP contribution in [0.3, 0.4) is 0 Å². The Morgan fingerprint density at radius 1 is 0.422 bits per heavy atom. The summed E-state index contributed by atoms with van der Waals surface area (Å²) in [4.78, 5) is 21.0. The van der Waals surface area contributed by atoms with Gasteiger partial charge in [0.05, 0.1) is 40.3 Å². The molecule has 0 N–H and O–H groups in total. The highest BCUT2D eigenvalue weighted by Gasteiger charge is 2.69. The van der Waals surface area contributed by atoms with E-state index in [2.05, 4.69) is 174 Å². The third-order valence-corrected chi connectivity index (χ3v) is 17.7. The van der Waals surface area contributed by atoms with Gasteiger partial charge in [-0.2, -0.15) is 0 Å². The highest BCUT2D eigenvalue weighted by molar-refractivity contribution is 6.27. The van der Waals surface area contributed by atoms with Crippen LogP contribution in [0.1, 0.15) is 141 Å². The zero-order chi connectivity index (χ0) is 41.1. The van der Waals surface area contributed by atoms with Crippen molar-refractivity contribution in [1.82, 2.24) is 9.38 Å². The van der Waals surface area contributed by atoms with Gasteiger partial charge in [0.1, 0.15) is 0 Å². The van der Waals surface area contributed by atoms with Crippen LogP contribution < -0.4 is 0 Å². The van der Waals surface area contributed by atoms with E-state index in [9.17, 15) is 0 Å². The fraction of sp³-hybridized carbons (Fsp3) is 0.115. The molecule has 0 saturated carbocycles. The molecule has 9 aliphatic carbocycles. The van der Waals surface area contributed by atoms with Crippen molar-refractivity contribution < 1.29 is 4.79 Å². The lowest BCUT2D eigenvalue weighted by Crippen LogP contribution is -2.61. The van der Waals surface area contributed by atoms with Crippen molar-refractivity contribution in [2.45, 2.75) is 40.9 Å². The predicted octanol–water partition coefficient (Wildman–Crippen LogP) is 12.9. The number of nitrogens with zero attached hydrogens (tertiary/aromatic N) is 2. The summed E-state index contributed by atoms with van der Waals surface area (Å²) >= 11 is 0. The Hall–Kier alpha value is -7.62. The van der Waals surface area contributed by atoms with E-state index in [0.29, 0.717) is 0 Å². The molecule has 11 aromatic rings. The molecule has 9 aliphatic rings. The van der Waals surface area contributed by atoms with E-state index in [-0.39, 0.29) is 46.7 Å². The maximum Gasteiger partial charge on any atom is 0.171 e. The number of hydrogen-bond acceptors (Lipinski definition) is 2. The van der Waals surface area contributed by atoms with Crippen molar-refractivity contribution in [3.8, 4) is 0 Å². The molecule has 3 nitrogen and oxygen atoms in total. The maximum absolute atomic E-state index is 15.5. The van der Waals surface area contributed by atoms with Crippen LogP contribution in [0.2, 0.25) is 0 Å². The number of pyridine rings is 1. The molecule has 3 heteroatoms. The van der Waals surface area contributed by atoms with Crippen LogP contribution in [0.15, 0.2) is 170 Å². The SMILES string of the molecule is O=C1c2cc3c(cc2C2c4ccccc4C24c2ccccc2C14)c1c2c(cc4c5c6c(ncc5n3c41)C1c3ccccc3C6c3ccccc31)C1c3ccccc3C2c2ccccc21. The summed E-state index contributed by atoms with van der Waals surface area (Å²) in [5.41, 5.74) is 27.2. The molecule has 3 aromatic heterocycles. The van der Waals surface area contributed by atoms with E-state index in [1.807, 2.05) is 0 Å². The number of rotatable bonds is 0. The van der Waals surface area contributed by atoms with E-state index in [1.165, 1.54) is 122 Å². The average molecular weight is 811 g/mol. The number of carbonyl (C=O) groups is 1. The lowest BCUT2D eigenvalue weighted by molar-refractivity contribution is 0.0847. The van der Waals surface area contributed by atoms with Crippen LogP contribution >= 0.6 is 0 Å². The second kappa shape index (κ2) is 10.3. The second-order valence-corrected chi connectivity index (χ2v) is 19.8. The Morgan fingerprint density at radius 2 is 0.906 bits per heavy atom. The minimum absolute atomic E-state index is 0.0783. The first-order valence-corrected chi connectivity index (χ1v) is 23.0. The van der Waals surface area contributed by atoms with Crippen LogP contribution in [0.5, 0.6) is 0 Å². The number of Topliss-reactive ketones (excluding diaryl/α,β-unsaturated/α-hetero) is 1. The standard InChI is InChI=1S/C61H34N2O/c64-60-40-27-46-41(25-39(40)56-37-21-9-11-23-44(37)61(56)45-24-12-10-22-38(45)57(60)61)54-53-42(48-29-13-1-3-15-31(29)49(53)32-16-4-2-14-30(32)48)26-43-52-47(63(46)59(43)54)28-62-58-51-35-19-7-5-17-33(35)50(55(52)58)34-18-6-8-20-36(34)51/h1-28,48-51,56-57H. The van der Waals surface area contributed by atoms with E-state index in [1.54, 1.807) is 0 Å². The lowest BCUT2D eigenvalue weighted by Gasteiger charge is -2.64. The number of fused-ring (bicyclic) bond motifs is 12. The lowest BCUT2D eigenvalue weighted by atomic mass is 9.36. The van der Waals surface area contributed by atoms with Gasteiger partial charge < -0.3 is 4.40 Å². The molecule has 64 heavy (non-hydrogen) atoms. The zero-order valence-corrected chi connectivity index (χ0v) is 34.4. The molecule has 4 bridgehead atoms. The van der Waals surface area contributed by atoms with Gasteiger partial charge in [-0.05, 0) is 107 Å². The topological polar surface area (TPSA) is 34.4 Å². The van der Waals surface area contributed by atoms with Gasteiger partial charge in [0, 0.05) is 56.2 Å². The summed E-state index contributed by atoms with van der Waals surface area (Å²) in [5.74, 6) is 0.584. The molecule has 0 fully saturated rings. The Labute approximate surface area is 367 Å². The summed E-state index contributed by atoms with van der Waals surface area (Å²) in [7, 11) is 0. The molecule has 3 unspecified atom stereocenters. The summed E-state index contributed by atoms with van der Waals surface area (Å²) < 4.78 is 2.54. The first-order chi connectivity index (χ1) is 31.7. The van der Waals surface area contributed by atoms with Gasteiger partial charge in [0.25, 0.3) is 0 Å². The third kappa shape index (κ3) is 3.11. The van der Waals surface area contributed by atoms with E-state index in [4.69, 9.17) is 4.98 Å². The van der Waals surface area contributed by atoms with E-state index < -0.39 is 0 Å². The largest absolute Gasteiger partial charge is 0.306 e. The maximum atomic E-state index is 15.5. The van der Waals surface area contributed by atoms with Gasteiger partial charge >= 0.3 is 0 Å². The molecule has 0 saturated heterocycles. The summed E-state index contributed by atoms with van der Waals surface area (Å²) in [6.07, 6.45) is 2.19. The first-order valence-electron chi connectivity index (χ1n) is 23.0. The number of aromatic nitrogens is 2. The van der Waals surface area contributed by atoms with Gasteiger partial charge in [-0.1, -0.05) is 146 Å². The number of hydrogen-bond donors (Lipinski definition) is 0. The number of ketones is 1. The van der Waals surface area contributed by atoms with Gasteiger partial charge in [-0.3, -0.25) is 9.78 Å². The molecule has 294 valence electrons. The molecular formula is C61H34N2O. The van der Waals surface area contributed by atoms with Gasteiger partial charge in [0.15, 0.2) is 5.78 Å². The fourth-order valence-electron chi connectivity index (χ4n) is 15.8. The van der Waals surface area contributed by atoms with Gasteiger partial charge in [-0.15, -0.1) is 0 Å². The molecule has 8 aromatic carbocycles. The summed E-state index contributed by atoms with van der Waals surface area (Å²) in [5, 5.41) is 5.24. The monoisotopic (exact) mass is 810 g/mol. The highest BCUT2D eigenvalue weighted by atomic mass is 16.1. The molecule has 1 spiro atoms. The third-order valence-electron chi connectivity index (χ3n) is 17.7. The smallest absolute Gasteiger partial charge is 0.171 e. The zero-order valence-electron chi connectivity index (χ0n) is 34.4. The summed E-state index contributed by atoms with van der Waals surface area (Å²) in [6, 6.07) is 61.8. The Kier molecular flexibility index (Phi) is 5.14. The van der Waals surface area contributed by atoms with Crippen molar-refractivity contribution in [1.29, 1.82) is 0 Å². The first kappa shape index (κ1) is 32.1. The van der Waals surface area contributed by atoms with E-state index in [0.717, 1.165) is 16.6 Å². The second-order valence-electron chi connectivity index (χ2n) is 19.8. The molecule has 3 heterocycles. The average Bonchev–Trinajstić information content (AvgIpc) is 3.85. The Morgan fingerprint density at radius 3 is 1.50 bits per heavy atom. The predicted molar refractivity (Wildman–Crippen MR) is 251 cm³/mol. The van der Waals surface area contributed by atoms with Gasteiger partial charge in [-0.25, -0.2) is 0 Å². The number of carbonyl (C=O) groups excluding carboxylic acids is 1. The molecule has 0 aliphatic heterocycles. The molecule has 20 rings (SSSR count). The Balaban J connectivity index is 1.02. The molecular weight excluding hydrogens is 777 g/mol. The quantitative estimate of drug-likeness (QED) is 0.153. The molecule has 0 radical (unpaired) electrons. The van der Waals surface area contributed by atoms with Crippen molar-refractivity contribution in [2.75, 3.05) is 0 Å². The van der Waals surface area contributed by atoms with Crippen molar-refractivity contribution in [3.05, 3.63) is 270 Å². The van der Waals surface area contributed by atoms with Crippen LogP contribution in [0, 0.1) is 0 Å². The van der Waals surface area contributed by atoms with Crippen molar-refractivity contribution in [3.63, 3.8) is 0 Å². The van der Waals surface area contributed by atoms with Crippen LogP contribution in [0.25, 0.3) is 38.1 Å².